The Balaban J connectivity index is 2.23. The van der Waals surface area contributed by atoms with E-state index in [9.17, 15) is 0 Å². The molecule has 1 aliphatic heterocycles. The maximum atomic E-state index is 8.99. The van der Waals surface area contributed by atoms with Gasteiger partial charge in [-0.2, -0.15) is 5.26 Å². The van der Waals surface area contributed by atoms with Crippen LogP contribution in [0.1, 0.15) is 24.2 Å². The van der Waals surface area contributed by atoms with Crippen LogP contribution in [0.4, 0.5) is 5.82 Å². The van der Waals surface area contributed by atoms with Gasteiger partial charge in [0.25, 0.3) is 0 Å². The zero-order chi connectivity index (χ0) is 11.8. The van der Waals surface area contributed by atoms with Crippen molar-refractivity contribution in [3.63, 3.8) is 0 Å². The van der Waals surface area contributed by atoms with Gasteiger partial charge in [-0.3, -0.25) is 4.40 Å². The first-order chi connectivity index (χ1) is 8.29. The minimum absolute atomic E-state index is 0.397. The average Bonchev–Trinajstić information content (AvgIpc) is 2.96. The van der Waals surface area contributed by atoms with Crippen LogP contribution in [0.25, 0.3) is 5.65 Å². The minimum atomic E-state index is 0.397. The van der Waals surface area contributed by atoms with Crippen molar-refractivity contribution in [1.82, 2.24) is 14.4 Å². The van der Waals surface area contributed by atoms with Crippen LogP contribution in [0, 0.1) is 18.3 Å². The maximum absolute atomic E-state index is 8.99. The lowest BCUT2D eigenvalue weighted by molar-refractivity contribution is 0.902. The molecular weight excluding hydrogens is 214 g/mol. The summed E-state index contributed by atoms with van der Waals surface area (Å²) in [5, 5.41) is 8.99. The molecule has 0 spiro atoms. The number of rotatable bonds is 1. The molecule has 17 heavy (non-hydrogen) atoms. The number of nitriles is 1. The number of fused-ring (bicyclic) bond motifs is 1. The summed E-state index contributed by atoms with van der Waals surface area (Å²) in [6.07, 6.45) is 4.14. The molecule has 3 heterocycles. The van der Waals surface area contributed by atoms with E-state index in [1.54, 1.807) is 6.33 Å². The number of nitrogens with zero attached hydrogens (tertiary/aromatic N) is 5. The van der Waals surface area contributed by atoms with E-state index in [0.29, 0.717) is 11.3 Å². The molecular formula is C12H13N5. The van der Waals surface area contributed by atoms with Crippen molar-refractivity contribution in [3.05, 3.63) is 23.8 Å². The monoisotopic (exact) mass is 227 g/mol. The molecule has 0 N–H and O–H groups in total. The second-order valence-corrected chi connectivity index (χ2v) is 4.35. The molecule has 5 nitrogen and oxygen atoms in total. The van der Waals surface area contributed by atoms with Gasteiger partial charge in [-0.15, -0.1) is 0 Å². The van der Waals surface area contributed by atoms with E-state index in [1.807, 2.05) is 11.3 Å². The largest absolute Gasteiger partial charge is 0.358 e. The van der Waals surface area contributed by atoms with E-state index in [1.165, 1.54) is 12.8 Å². The fourth-order valence-corrected chi connectivity index (χ4v) is 2.34. The smallest absolute Gasteiger partial charge is 0.185 e. The molecule has 0 unspecified atom stereocenters. The van der Waals surface area contributed by atoms with Crippen LogP contribution in [0.15, 0.2) is 12.4 Å². The Labute approximate surface area is 99.3 Å². The first kappa shape index (κ1) is 10.1. The van der Waals surface area contributed by atoms with Crippen molar-refractivity contribution in [2.24, 2.45) is 0 Å². The Morgan fingerprint density at radius 3 is 2.82 bits per heavy atom. The second-order valence-electron chi connectivity index (χ2n) is 4.35. The van der Waals surface area contributed by atoms with Crippen molar-refractivity contribution < 1.29 is 0 Å². The van der Waals surface area contributed by atoms with Crippen LogP contribution in [-0.2, 0) is 0 Å². The fraction of sp³-hybridized carbons (Fsp3) is 0.417. The first-order valence-electron chi connectivity index (χ1n) is 5.79. The second kappa shape index (κ2) is 3.74. The summed E-state index contributed by atoms with van der Waals surface area (Å²) < 4.78 is 1.91. The lowest BCUT2D eigenvalue weighted by atomic mass is 10.3. The molecule has 0 aromatic carbocycles. The quantitative estimate of drug-likeness (QED) is 0.741. The van der Waals surface area contributed by atoms with Crippen LogP contribution in [-0.4, -0.2) is 27.5 Å². The van der Waals surface area contributed by atoms with Crippen molar-refractivity contribution >= 4 is 11.5 Å². The SMILES string of the molecule is Cc1cc(N2CCCC2)n2cnc(C#N)c2n1. The van der Waals surface area contributed by atoms with Gasteiger partial charge in [0.2, 0.25) is 0 Å². The summed E-state index contributed by atoms with van der Waals surface area (Å²) in [6.45, 7) is 4.09. The van der Waals surface area contributed by atoms with E-state index < -0.39 is 0 Å². The number of aryl methyl sites for hydroxylation is 1. The first-order valence-corrected chi connectivity index (χ1v) is 5.79. The van der Waals surface area contributed by atoms with Crippen molar-refractivity contribution in [1.29, 1.82) is 5.26 Å². The molecule has 0 aliphatic carbocycles. The van der Waals surface area contributed by atoms with E-state index in [0.717, 1.165) is 24.6 Å². The molecule has 5 heteroatoms. The zero-order valence-corrected chi connectivity index (χ0v) is 9.72. The van der Waals surface area contributed by atoms with Gasteiger partial charge in [0, 0.05) is 24.8 Å². The minimum Gasteiger partial charge on any atom is -0.358 e. The van der Waals surface area contributed by atoms with Crippen LogP contribution in [0.5, 0.6) is 0 Å². The van der Waals surface area contributed by atoms with E-state index >= 15 is 0 Å². The Bertz CT molecular complexity index is 601. The molecule has 0 saturated carbocycles. The third-order valence-corrected chi connectivity index (χ3v) is 3.15. The molecule has 1 saturated heterocycles. The normalized spacial score (nSPS) is 15.4. The predicted molar refractivity (Wildman–Crippen MR) is 63.9 cm³/mol. The van der Waals surface area contributed by atoms with Gasteiger partial charge in [-0.25, -0.2) is 9.97 Å². The molecule has 0 radical (unpaired) electrons. The highest BCUT2D eigenvalue weighted by atomic mass is 15.3. The van der Waals surface area contributed by atoms with E-state index in [2.05, 4.69) is 27.0 Å². The van der Waals surface area contributed by atoms with Crippen LogP contribution >= 0.6 is 0 Å². The fourth-order valence-electron chi connectivity index (χ4n) is 2.34. The summed E-state index contributed by atoms with van der Waals surface area (Å²) in [6, 6.07) is 4.14. The van der Waals surface area contributed by atoms with Gasteiger partial charge in [-0.05, 0) is 19.8 Å². The summed E-state index contributed by atoms with van der Waals surface area (Å²) in [5.74, 6) is 1.10. The molecule has 0 amide bonds. The van der Waals surface area contributed by atoms with Gasteiger partial charge in [0.15, 0.2) is 11.3 Å². The number of anilines is 1. The summed E-state index contributed by atoms with van der Waals surface area (Å²) in [4.78, 5) is 10.8. The number of hydrogen-bond donors (Lipinski definition) is 0. The highest BCUT2D eigenvalue weighted by Crippen LogP contribution is 2.22. The van der Waals surface area contributed by atoms with Crippen molar-refractivity contribution in [3.8, 4) is 6.07 Å². The number of aromatic nitrogens is 3. The Morgan fingerprint density at radius 2 is 2.12 bits per heavy atom. The number of hydrogen-bond acceptors (Lipinski definition) is 4. The predicted octanol–water partition coefficient (Wildman–Crippen LogP) is 1.51. The highest BCUT2D eigenvalue weighted by molar-refractivity contribution is 5.58. The Kier molecular flexibility index (Phi) is 2.22. The highest BCUT2D eigenvalue weighted by Gasteiger charge is 2.17. The van der Waals surface area contributed by atoms with Gasteiger partial charge in [-0.1, -0.05) is 0 Å². The molecule has 0 bridgehead atoms. The van der Waals surface area contributed by atoms with Gasteiger partial charge in [0.05, 0.1) is 0 Å². The van der Waals surface area contributed by atoms with E-state index in [-0.39, 0.29) is 0 Å². The van der Waals surface area contributed by atoms with Crippen LogP contribution in [0.2, 0.25) is 0 Å². The third-order valence-electron chi connectivity index (χ3n) is 3.15. The third kappa shape index (κ3) is 1.53. The molecule has 0 atom stereocenters. The van der Waals surface area contributed by atoms with Crippen molar-refractivity contribution in [2.45, 2.75) is 19.8 Å². The Morgan fingerprint density at radius 1 is 1.35 bits per heavy atom. The Hall–Kier alpha value is -2.09. The van der Waals surface area contributed by atoms with E-state index in [4.69, 9.17) is 5.26 Å². The summed E-state index contributed by atoms with van der Waals surface area (Å²) >= 11 is 0. The molecule has 3 rings (SSSR count). The average molecular weight is 227 g/mol. The lowest BCUT2D eigenvalue weighted by Crippen LogP contribution is -2.20. The maximum Gasteiger partial charge on any atom is 0.185 e. The van der Waals surface area contributed by atoms with Crippen LogP contribution < -0.4 is 4.90 Å². The lowest BCUT2D eigenvalue weighted by Gasteiger charge is -2.19. The van der Waals surface area contributed by atoms with Crippen LogP contribution in [0.3, 0.4) is 0 Å². The molecule has 2 aromatic heterocycles. The molecule has 1 aliphatic rings. The standard InChI is InChI=1S/C12H13N5/c1-9-6-11(16-4-2-3-5-16)17-8-14-10(7-13)12(17)15-9/h6,8H,2-5H2,1H3. The zero-order valence-electron chi connectivity index (χ0n) is 9.72. The topological polar surface area (TPSA) is 57.2 Å². The number of imidazole rings is 1. The summed E-state index contributed by atoms with van der Waals surface area (Å²) in [7, 11) is 0. The molecule has 86 valence electrons. The summed E-state index contributed by atoms with van der Waals surface area (Å²) in [5.41, 5.74) is 1.99. The van der Waals surface area contributed by atoms with Gasteiger partial charge < -0.3 is 4.90 Å². The van der Waals surface area contributed by atoms with Gasteiger partial charge >= 0.3 is 0 Å². The van der Waals surface area contributed by atoms with Gasteiger partial charge in [0.1, 0.15) is 18.2 Å². The molecule has 1 fully saturated rings. The van der Waals surface area contributed by atoms with Crippen molar-refractivity contribution in [2.75, 3.05) is 18.0 Å². The molecule has 2 aromatic rings.